The molecule has 8 N–H and O–H groups in total. The molecule has 0 amide bonds. The van der Waals surface area contributed by atoms with Crippen LogP contribution in [0.3, 0.4) is 0 Å². The van der Waals surface area contributed by atoms with E-state index in [1.54, 1.807) is 0 Å². The van der Waals surface area contributed by atoms with Gasteiger partial charge in [0.05, 0.1) is 54.3 Å². The Hall–Kier alpha value is -7.83. The average Bonchev–Trinajstić information content (AvgIpc) is 3.13. The topological polar surface area (TPSA) is 333 Å². The Balaban J connectivity index is 0.000000327. The normalized spacial score (nSPS) is 11.7. The van der Waals surface area contributed by atoms with E-state index in [-0.39, 0.29) is 36.4 Å². The Bertz CT molecular complexity index is 2460. The zero-order valence-corrected chi connectivity index (χ0v) is 29.6. The van der Waals surface area contributed by atoms with Gasteiger partial charge in [0.15, 0.2) is 0 Å². The fourth-order valence-corrected chi connectivity index (χ4v) is 7.37. The Labute approximate surface area is 327 Å². The van der Waals surface area contributed by atoms with Crippen LogP contribution in [0.4, 0.5) is 26.3 Å². The van der Waals surface area contributed by atoms with Crippen LogP contribution in [0.15, 0.2) is 82.6 Å². The van der Waals surface area contributed by atoms with Crippen LogP contribution in [0.25, 0.3) is 0 Å². The van der Waals surface area contributed by atoms with Crippen LogP contribution in [-0.2, 0) is 15.3 Å². The maximum atomic E-state index is 14.2. The maximum absolute atomic E-state index is 14.2. The van der Waals surface area contributed by atoms with Crippen molar-refractivity contribution in [3.63, 3.8) is 0 Å². The van der Waals surface area contributed by atoms with E-state index in [2.05, 4.69) is 0 Å². The van der Waals surface area contributed by atoms with Crippen molar-refractivity contribution in [1.82, 2.24) is 0 Å². The molecule has 0 saturated carbocycles. The van der Waals surface area contributed by atoms with Crippen molar-refractivity contribution in [3.8, 4) is 0 Å². The summed E-state index contributed by atoms with van der Waals surface area (Å²) in [6.07, 6.45) is -12.5. The van der Waals surface area contributed by atoms with Gasteiger partial charge in [0, 0.05) is 0 Å². The van der Waals surface area contributed by atoms with Gasteiger partial charge < -0.3 is 40.9 Å². The van der Waals surface area contributed by atoms with Gasteiger partial charge in [-0.05, 0) is 59.7 Å². The third-order valence-corrected chi connectivity index (χ3v) is 10.0. The molecule has 4 rings (SSSR count). The van der Waals surface area contributed by atoms with Crippen LogP contribution >= 0.6 is 0 Å². The lowest BCUT2D eigenvalue weighted by molar-refractivity contribution is -0.288. The minimum Gasteiger partial charge on any atom is -0.478 e. The number of hydrogen-bond donors (Lipinski definition) is 8. The molecule has 0 aromatic heterocycles. The maximum Gasteiger partial charge on any atom is 0.411 e. The third kappa shape index (κ3) is 8.40. The summed E-state index contributed by atoms with van der Waals surface area (Å²) >= 11 is 0. The van der Waals surface area contributed by atoms with Gasteiger partial charge in [-0.2, -0.15) is 26.3 Å². The zero-order chi connectivity index (χ0) is 46.0. The Morgan fingerprint density at radius 3 is 0.900 bits per heavy atom. The van der Waals surface area contributed by atoms with Gasteiger partial charge in [-0.1, -0.05) is 24.3 Å². The predicted molar refractivity (Wildman–Crippen MR) is 180 cm³/mol. The summed E-state index contributed by atoms with van der Waals surface area (Å²) in [7, 11) is -4.89. The summed E-state index contributed by atoms with van der Waals surface area (Å²) in [5.74, 6) is -15.3. The molecule has 18 nitrogen and oxygen atoms in total. The van der Waals surface area contributed by atoms with E-state index in [4.69, 9.17) is 30.6 Å². The van der Waals surface area contributed by atoms with Gasteiger partial charge in [0.1, 0.15) is 0 Å². The van der Waals surface area contributed by atoms with E-state index in [0.29, 0.717) is 0 Å². The van der Waals surface area contributed by atoms with Crippen LogP contribution in [0.5, 0.6) is 0 Å². The quantitative estimate of drug-likeness (QED) is 0.0847. The third-order valence-electron chi connectivity index (χ3n) is 8.20. The fraction of sp³-hybridized carbons (Fsp3) is 0.0857. The molecule has 0 heterocycles. The molecule has 0 unspecified atom stereocenters. The lowest BCUT2D eigenvalue weighted by Gasteiger charge is -2.38. The first kappa shape index (κ1) is 46.6. The smallest absolute Gasteiger partial charge is 0.411 e. The standard InChI is InChI=1S/C19H10F6O8.C16H10O10S/c20-18(21,22)17(19(23,24)25,7-1-3-9(13(26)27)11(5-7)15(30)31)8-2-4-10(14(28)29)12(6-8)16(32)33;17-13(18)7-3-1-5-9(11(7)15(21)22)27(25,26)10-6-2-4-8(14(19)20)12(10)16(23)24/h1-6H,(H,26,27)(H,28,29)(H,30,31)(H,32,33);1-6H,(H,17,18)(H,19,20)(H,21,22)(H,23,24). The number of alkyl halides is 6. The average molecular weight is 875 g/mol. The van der Waals surface area contributed by atoms with Gasteiger partial charge in [0.25, 0.3) is 0 Å². The van der Waals surface area contributed by atoms with Crippen LogP contribution < -0.4 is 0 Å². The SMILES string of the molecule is O=C(O)c1ccc(C(c2ccc(C(=O)O)c(C(=O)O)c2)(C(F)(F)F)C(F)(F)F)cc1C(=O)O.O=C(O)c1cccc(S(=O)(=O)c2cccc(C(=O)O)c2C(=O)O)c1C(=O)O. The number of benzene rings is 4. The van der Waals surface area contributed by atoms with Crippen LogP contribution in [-0.4, -0.2) is 109 Å². The number of carbonyl (C=O) groups is 8. The number of carboxylic acid groups (broad SMARTS) is 8. The molecule has 60 heavy (non-hydrogen) atoms. The number of rotatable bonds is 12. The van der Waals surface area contributed by atoms with Crippen LogP contribution in [0.2, 0.25) is 0 Å². The molecule has 0 radical (unpaired) electrons. The Kier molecular flexibility index (Phi) is 12.9. The van der Waals surface area contributed by atoms with E-state index in [1.807, 2.05) is 0 Å². The lowest BCUT2D eigenvalue weighted by atomic mass is 9.71. The van der Waals surface area contributed by atoms with E-state index in [0.717, 1.165) is 36.4 Å². The van der Waals surface area contributed by atoms with E-state index < -0.39 is 141 Å². The molecule has 0 aliphatic carbocycles. The van der Waals surface area contributed by atoms with E-state index in [1.165, 1.54) is 0 Å². The Morgan fingerprint density at radius 1 is 0.383 bits per heavy atom. The predicted octanol–water partition coefficient (Wildman–Crippen LogP) is 5.20. The number of aromatic carboxylic acids is 8. The monoisotopic (exact) mass is 874 g/mol. The Morgan fingerprint density at radius 2 is 0.667 bits per heavy atom. The van der Waals surface area contributed by atoms with Crippen LogP contribution in [0.1, 0.15) is 94.0 Å². The zero-order valence-electron chi connectivity index (χ0n) is 28.8. The summed E-state index contributed by atoms with van der Waals surface area (Å²) in [4.78, 5) is 88.4. The second-order valence-corrected chi connectivity index (χ2v) is 13.5. The van der Waals surface area contributed by atoms with Crippen LogP contribution in [0, 0.1) is 0 Å². The number of hydrogen-bond acceptors (Lipinski definition) is 10. The molecule has 0 aliphatic heterocycles. The van der Waals surface area contributed by atoms with Crippen molar-refractivity contribution >= 4 is 57.6 Å². The number of sulfone groups is 1. The molecule has 25 heteroatoms. The van der Waals surface area contributed by atoms with Gasteiger partial charge >= 0.3 is 60.1 Å². The van der Waals surface area contributed by atoms with Crippen molar-refractivity contribution < 1.29 is 114 Å². The molecular formula is C35H20F6O18S. The molecule has 0 spiro atoms. The summed E-state index contributed by atoms with van der Waals surface area (Å²) in [5, 5.41) is 73.0. The highest BCUT2D eigenvalue weighted by molar-refractivity contribution is 7.91. The van der Waals surface area contributed by atoms with E-state index >= 15 is 0 Å². The minimum absolute atomic E-state index is 0.0996. The fourth-order valence-electron chi connectivity index (χ4n) is 5.69. The van der Waals surface area contributed by atoms with Crippen molar-refractivity contribution in [2.24, 2.45) is 0 Å². The highest BCUT2D eigenvalue weighted by Crippen LogP contribution is 2.56. The molecule has 4 aromatic rings. The van der Waals surface area contributed by atoms with Gasteiger partial charge in [0.2, 0.25) is 15.3 Å². The summed E-state index contributed by atoms with van der Waals surface area (Å²) in [6.45, 7) is 0. The second kappa shape index (κ2) is 16.6. The molecule has 0 fully saturated rings. The minimum atomic E-state index is -6.27. The molecule has 0 saturated heterocycles. The summed E-state index contributed by atoms with van der Waals surface area (Å²) in [5.41, 5.74) is -17.4. The largest absolute Gasteiger partial charge is 0.478 e. The molecule has 4 aromatic carbocycles. The van der Waals surface area contributed by atoms with Crippen molar-refractivity contribution in [2.45, 2.75) is 27.6 Å². The van der Waals surface area contributed by atoms with Gasteiger partial charge in [-0.25, -0.2) is 46.8 Å². The number of carboxylic acids is 8. The highest BCUT2D eigenvalue weighted by Gasteiger charge is 2.72. The first-order chi connectivity index (χ1) is 27.5. The molecule has 316 valence electrons. The molecule has 0 bridgehead atoms. The first-order valence-electron chi connectivity index (χ1n) is 15.3. The molecular weight excluding hydrogens is 854 g/mol. The lowest BCUT2D eigenvalue weighted by Crippen LogP contribution is -2.55. The second-order valence-electron chi connectivity index (χ2n) is 11.6. The van der Waals surface area contributed by atoms with E-state index in [9.17, 15) is 83.3 Å². The van der Waals surface area contributed by atoms with Crippen molar-refractivity contribution in [1.29, 1.82) is 0 Å². The highest BCUT2D eigenvalue weighted by atomic mass is 32.2. The van der Waals surface area contributed by atoms with Crippen molar-refractivity contribution in [3.05, 3.63) is 128 Å². The number of halogens is 6. The molecule has 0 aliphatic rings. The van der Waals surface area contributed by atoms with Gasteiger partial charge in [-0.15, -0.1) is 0 Å². The van der Waals surface area contributed by atoms with Gasteiger partial charge in [-0.3, -0.25) is 0 Å². The molecule has 0 atom stereocenters. The van der Waals surface area contributed by atoms with Crippen molar-refractivity contribution in [2.75, 3.05) is 0 Å². The summed E-state index contributed by atoms with van der Waals surface area (Å²) < 4.78 is 111. The summed E-state index contributed by atoms with van der Waals surface area (Å²) in [6, 6.07) is 5.70. The first-order valence-corrected chi connectivity index (χ1v) is 16.7.